The molecule has 0 aliphatic rings. The maximum Gasteiger partial charge on any atom is 0.411 e. The predicted molar refractivity (Wildman–Crippen MR) is 126 cm³/mol. The van der Waals surface area contributed by atoms with Gasteiger partial charge in [0.1, 0.15) is 0 Å². The van der Waals surface area contributed by atoms with Crippen LogP contribution in [0, 0.1) is 0 Å². The molecule has 168 valence electrons. The van der Waals surface area contributed by atoms with Gasteiger partial charge in [0.15, 0.2) is 6.23 Å². The Morgan fingerprint density at radius 3 is 2.58 bits per heavy atom. The van der Waals surface area contributed by atoms with E-state index in [1.807, 2.05) is 31.2 Å². The molecule has 4 aromatic rings. The molecular weight excluding hydrogens is 422 g/mol. The Balaban J connectivity index is 1.68. The first-order chi connectivity index (χ1) is 16.0. The van der Waals surface area contributed by atoms with Crippen molar-refractivity contribution < 1.29 is 24.5 Å². The molecule has 0 saturated carbocycles. The van der Waals surface area contributed by atoms with E-state index in [-0.39, 0.29) is 5.56 Å². The summed E-state index contributed by atoms with van der Waals surface area (Å²) >= 11 is 0. The molecule has 1 unspecified atom stereocenters. The Hall–Kier alpha value is -4.17. The molecule has 0 spiro atoms. The first-order valence-electron chi connectivity index (χ1n) is 10.5. The highest BCUT2D eigenvalue weighted by Crippen LogP contribution is 2.33. The number of carboxylic acids is 1. The number of fused-ring (bicyclic) bond motifs is 2. The second-order valence-electron chi connectivity index (χ2n) is 7.47. The number of aliphatic hydroxyl groups is 1. The van der Waals surface area contributed by atoms with Gasteiger partial charge >= 0.3 is 12.1 Å². The summed E-state index contributed by atoms with van der Waals surface area (Å²) in [5, 5.41) is 27.5. The highest BCUT2D eigenvalue weighted by atomic mass is 16.5. The number of nitrogens with one attached hydrogen (secondary N) is 2. The van der Waals surface area contributed by atoms with Gasteiger partial charge in [0.25, 0.3) is 0 Å². The van der Waals surface area contributed by atoms with Crippen LogP contribution in [0.4, 0.5) is 16.2 Å². The maximum absolute atomic E-state index is 11.9. The summed E-state index contributed by atoms with van der Waals surface area (Å²) in [5.41, 5.74) is 2.93. The lowest BCUT2D eigenvalue weighted by Gasteiger charge is -2.19. The van der Waals surface area contributed by atoms with E-state index in [4.69, 9.17) is 4.74 Å². The topological polar surface area (TPSA) is 121 Å². The second kappa shape index (κ2) is 9.54. The molecule has 1 aromatic heterocycles. The van der Waals surface area contributed by atoms with E-state index in [1.54, 1.807) is 30.3 Å². The van der Waals surface area contributed by atoms with Crippen molar-refractivity contribution in [2.75, 3.05) is 17.2 Å². The van der Waals surface area contributed by atoms with E-state index in [9.17, 15) is 19.8 Å². The minimum absolute atomic E-state index is 0.130. The third kappa shape index (κ3) is 4.86. The first-order valence-corrected chi connectivity index (χ1v) is 10.5. The molecule has 8 heteroatoms. The van der Waals surface area contributed by atoms with Crippen LogP contribution in [-0.2, 0) is 4.74 Å². The van der Waals surface area contributed by atoms with E-state index in [2.05, 4.69) is 15.6 Å². The van der Waals surface area contributed by atoms with Crippen LogP contribution in [-0.4, -0.2) is 33.9 Å². The summed E-state index contributed by atoms with van der Waals surface area (Å²) in [6, 6.07) is 18.9. The summed E-state index contributed by atoms with van der Waals surface area (Å²) < 4.78 is 5.04. The average molecular weight is 445 g/mol. The molecular formula is C25H23N3O5. The van der Waals surface area contributed by atoms with Crippen LogP contribution < -0.4 is 10.6 Å². The smallest absolute Gasteiger partial charge is 0.411 e. The standard InChI is InChI=1S/C25H23N3O5/c1-2-12-33-25(32)26-17-7-5-6-15(13-17)23(29)28-22-18-8-3-4-9-20(18)27-21-14-16(24(30)31)10-11-19(21)22/h3-11,13-14,23,29H,2,12H2,1H3,(H,26,32)(H,27,28)(H,30,31). The number of rotatable bonds is 7. The number of carbonyl (C=O) groups excluding carboxylic acids is 1. The minimum atomic E-state index is -1.11. The molecule has 0 saturated heterocycles. The number of benzene rings is 3. The van der Waals surface area contributed by atoms with Crippen LogP contribution in [0.2, 0.25) is 0 Å². The van der Waals surface area contributed by atoms with Gasteiger partial charge in [-0.15, -0.1) is 0 Å². The zero-order valence-electron chi connectivity index (χ0n) is 17.9. The monoisotopic (exact) mass is 445 g/mol. The van der Waals surface area contributed by atoms with Gasteiger partial charge in [-0.1, -0.05) is 37.3 Å². The van der Waals surface area contributed by atoms with E-state index in [1.165, 1.54) is 12.1 Å². The molecule has 33 heavy (non-hydrogen) atoms. The number of aromatic carboxylic acids is 1. The van der Waals surface area contributed by atoms with E-state index in [0.717, 1.165) is 11.8 Å². The molecule has 1 amide bonds. The molecule has 0 aliphatic carbocycles. The minimum Gasteiger partial charge on any atom is -0.478 e. The van der Waals surface area contributed by atoms with Crippen molar-refractivity contribution in [1.82, 2.24) is 4.98 Å². The Labute approximate surface area is 189 Å². The number of aliphatic hydroxyl groups excluding tert-OH is 1. The lowest BCUT2D eigenvalue weighted by atomic mass is 10.0. The number of hydrogen-bond donors (Lipinski definition) is 4. The van der Waals surface area contributed by atoms with Crippen LogP contribution in [0.5, 0.6) is 0 Å². The van der Waals surface area contributed by atoms with Gasteiger partial charge in [-0.25, -0.2) is 14.6 Å². The van der Waals surface area contributed by atoms with Crippen LogP contribution >= 0.6 is 0 Å². The SMILES string of the molecule is CCCOC(=O)Nc1cccc(C(O)Nc2c3ccccc3nc3cc(C(=O)O)ccc23)c1. The van der Waals surface area contributed by atoms with Crippen LogP contribution in [0.25, 0.3) is 21.8 Å². The van der Waals surface area contributed by atoms with Crippen LogP contribution in [0.1, 0.15) is 35.5 Å². The average Bonchev–Trinajstić information content (AvgIpc) is 2.82. The number of carboxylic acid groups (broad SMARTS) is 1. The number of nitrogens with zero attached hydrogens (tertiary/aromatic N) is 1. The van der Waals surface area contributed by atoms with Crippen molar-refractivity contribution in [3.63, 3.8) is 0 Å². The van der Waals surface area contributed by atoms with Crippen molar-refractivity contribution in [2.45, 2.75) is 19.6 Å². The van der Waals surface area contributed by atoms with Gasteiger partial charge in [0.05, 0.1) is 28.9 Å². The molecule has 0 fully saturated rings. The van der Waals surface area contributed by atoms with E-state index >= 15 is 0 Å². The summed E-state index contributed by atoms with van der Waals surface area (Å²) in [6.45, 7) is 2.23. The van der Waals surface area contributed by atoms with Gasteiger partial charge in [0.2, 0.25) is 0 Å². The molecule has 0 bridgehead atoms. The molecule has 8 nitrogen and oxygen atoms in total. The fourth-order valence-electron chi connectivity index (χ4n) is 3.54. The Bertz CT molecular complexity index is 1340. The molecule has 0 radical (unpaired) electrons. The highest BCUT2D eigenvalue weighted by Gasteiger charge is 2.16. The van der Waals surface area contributed by atoms with E-state index < -0.39 is 18.3 Å². The molecule has 4 N–H and O–H groups in total. The highest BCUT2D eigenvalue weighted by molar-refractivity contribution is 6.08. The van der Waals surface area contributed by atoms with Gasteiger partial charge < -0.3 is 20.3 Å². The number of anilines is 2. The number of aromatic nitrogens is 1. The summed E-state index contributed by atoms with van der Waals surface area (Å²) in [4.78, 5) is 27.8. The third-order valence-corrected chi connectivity index (χ3v) is 5.10. The summed E-state index contributed by atoms with van der Waals surface area (Å²) in [6.07, 6.45) is -0.943. The van der Waals surface area contributed by atoms with Crippen molar-refractivity contribution in [1.29, 1.82) is 0 Å². The molecule has 1 heterocycles. The van der Waals surface area contributed by atoms with Crippen molar-refractivity contribution in [3.8, 4) is 0 Å². The Morgan fingerprint density at radius 2 is 1.79 bits per heavy atom. The normalized spacial score (nSPS) is 11.8. The van der Waals surface area contributed by atoms with Crippen LogP contribution in [0.3, 0.4) is 0 Å². The lowest BCUT2D eigenvalue weighted by molar-refractivity contribution is 0.0697. The fraction of sp³-hybridized carbons (Fsp3) is 0.160. The number of hydrogen-bond acceptors (Lipinski definition) is 6. The van der Waals surface area contributed by atoms with E-state index in [0.29, 0.717) is 40.0 Å². The number of carbonyl (C=O) groups is 2. The maximum atomic E-state index is 11.9. The second-order valence-corrected chi connectivity index (χ2v) is 7.47. The molecule has 4 rings (SSSR count). The zero-order chi connectivity index (χ0) is 23.4. The Kier molecular flexibility index (Phi) is 6.37. The summed E-state index contributed by atoms with van der Waals surface area (Å²) in [5.74, 6) is -1.04. The van der Waals surface area contributed by atoms with Gasteiger partial charge in [0, 0.05) is 22.0 Å². The van der Waals surface area contributed by atoms with Gasteiger partial charge in [-0.05, 0) is 42.8 Å². The van der Waals surface area contributed by atoms with Gasteiger partial charge in [-0.3, -0.25) is 5.32 Å². The number of amides is 1. The van der Waals surface area contributed by atoms with Gasteiger partial charge in [-0.2, -0.15) is 0 Å². The largest absolute Gasteiger partial charge is 0.478 e. The predicted octanol–water partition coefficient (Wildman–Crippen LogP) is 5.15. The zero-order valence-corrected chi connectivity index (χ0v) is 17.9. The van der Waals surface area contributed by atoms with Crippen molar-refractivity contribution >= 4 is 45.2 Å². The molecule has 0 aliphatic heterocycles. The third-order valence-electron chi connectivity index (χ3n) is 5.10. The lowest BCUT2D eigenvalue weighted by Crippen LogP contribution is -2.15. The first kappa shape index (κ1) is 22.0. The summed E-state index contributed by atoms with van der Waals surface area (Å²) in [7, 11) is 0. The molecule has 3 aromatic carbocycles. The van der Waals surface area contributed by atoms with Crippen molar-refractivity contribution in [2.24, 2.45) is 0 Å². The number of ether oxygens (including phenoxy) is 1. The number of pyridine rings is 1. The van der Waals surface area contributed by atoms with Crippen LogP contribution in [0.15, 0.2) is 66.7 Å². The molecule has 1 atom stereocenters. The van der Waals surface area contributed by atoms with Crippen molar-refractivity contribution in [3.05, 3.63) is 77.9 Å². The number of para-hydroxylation sites is 1. The quantitative estimate of drug-likeness (QED) is 0.229. The Morgan fingerprint density at radius 1 is 1.00 bits per heavy atom. The fourth-order valence-corrected chi connectivity index (χ4v) is 3.54.